The van der Waals surface area contributed by atoms with Crippen molar-refractivity contribution in [2.75, 3.05) is 5.32 Å². The summed E-state index contributed by atoms with van der Waals surface area (Å²) >= 11 is 2.20. The molecule has 0 aliphatic carbocycles. The molecule has 0 aliphatic rings. The van der Waals surface area contributed by atoms with Gasteiger partial charge < -0.3 is 5.32 Å². The summed E-state index contributed by atoms with van der Waals surface area (Å²) in [6.07, 6.45) is 0. The van der Waals surface area contributed by atoms with Crippen molar-refractivity contribution in [3.05, 3.63) is 62.7 Å². The minimum Gasteiger partial charge on any atom is -0.322 e. The van der Waals surface area contributed by atoms with Gasteiger partial charge in [-0.3, -0.25) is 9.59 Å². The fourth-order valence-corrected chi connectivity index (χ4v) is 2.27. The first-order chi connectivity index (χ1) is 9.47. The summed E-state index contributed by atoms with van der Waals surface area (Å²) in [6, 6.07) is 12.5. The van der Waals surface area contributed by atoms with Crippen molar-refractivity contribution < 1.29 is 9.59 Å². The van der Waals surface area contributed by atoms with Crippen LogP contribution in [0.15, 0.2) is 42.5 Å². The molecule has 3 nitrogen and oxygen atoms in total. The minimum absolute atomic E-state index is 0.0222. The maximum atomic E-state index is 12.2. The smallest absolute Gasteiger partial charge is 0.255 e. The SMILES string of the molecule is CC(=O)c1cccc(NC(=O)c2ccc(C)c(I)c2)c1. The number of amides is 1. The normalized spacial score (nSPS) is 10.2. The van der Waals surface area contributed by atoms with Crippen molar-refractivity contribution in [3.8, 4) is 0 Å². The van der Waals surface area contributed by atoms with E-state index in [0.29, 0.717) is 16.8 Å². The first kappa shape index (κ1) is 14.7. The summed E-state index contributed by atoms with van der Waals surface area (Å²) in [7, 11) is 0. The molecule has 0 saturated heterocycles. The van der Waals surface area contributed by atoms with Gasteiger partial charge in [0.1, 0.15) is 0 Å². The number of hydrogen-bond acceptors (Lipinski definition) is 2. The predicted molar refractivity (Wildman–Crippen MR) is 88.3 cm³/mol. The second-order valence-corrected chi connectivity index (χ2v) is 5.72. The molecule has 0 atom stereocenters. The van der Waals surface area contributed by atoms with Gasteiger partial charge in [-0.25, -0.2) is 0 Å². The highest BCUT2D eigenvalue weighted by molar-refractivity contribution is 14.1. The molecule has 0 radical (unpaired) electrons. The fourth-order valence-electron chi connectivity index (χ4n) is 1.75. The third kappa shape index (κ3) is 3.45. The Balaban J connectivity index is 2.21. The zero-order chi connectivity index (χ0) is 14.7. The zero-order valence-corrected chi connectivity index (χ0v) is 13.4. The van der Waals surface area contributed by atoms with Gasteiger partial charge in [0.15, 0.2) is 5.78 Å². The molecule has 20 heavy (non-hydrogen) atoms. The van der Waals surface area contributed by atoms with E-state index in [9.17, 15) is 9.59 Å². The van der Waals surface area contributed by atoms with Crippen molar-refractivity contribution in [1.29, 1.82) is 0 Å². The lowest BCUT2D eigenvalue weighted by atomic mass is 10.1. The van der Waals surface area contributed by atoms with Crippen LogP contribution >= 0.6 is 22.6 Å². The van der Waals surface area contributed by atoms with Crippen molar-refractivity contribution in [2.45, 2.75) is 13.8 Å². The Morgan fingerprint density at radius 2 is 1.80 bits per heavy atom. The molecule has 2 rings (SSSR count). The topological polar surface area (TPSA) is 46.2 Å². The molecule has 0 aliphatic heterocycles. The van der Waals surface area contributed by atoms with Gasteiger partial charge in [0.05, 0.1) is 0 Å². The molecule has 0 spiro atoms. The first-order valence-electron chi connectivity index (χ1n) is 6.16. The Morgan fingerprint density at radius 3 is 2.45 bits per heavy atom. The van der Waals surface area contributed by atoms with Gasteiger partial charge >= 0.3 is 0 Å². The molecule has 102 valence electrons. The van der Waals surface area contributed by atoms with E-state index in [4.69, 9.17) is 0 Å². The van der Waals surface area contributed by atoms with Crippen LogP contribution < -0.4 is 5.32 Å². The summed E-state index contributed by atoms with van der Waals surface area (Å²) in [4.78, 5) is 23.5. The van der Waals surface area contributed by atoms with Crippen LogP contribution in [0.25, 0.3) is 0 Å². The van der Waals surface area contributed by atoms with Gasteiger partial charge in [0, 0.05) is 20.4 Å². The van der Waals surface area contributed by atoms with Gasteiger partial charge in [-0.2, -0.15) is 0 Å². The Bertz CT molecular complexity index is 680. The summed E-state index contributed by atoms with van der Waals surface area (Å²) < 4.78 is 1.05. The highest BCUT2D eigenvalue weighted by Crippen LogP contribution is 2.16. The van der Waals surface area contributed by atoms with Gasteiger partial charge in [0.2, 0.25) is 0 Å². The summed E-state index contributed by atoms with van der Waals surface area (Å²) in [5.41, 5.74) is 2.95. The highest BCUT2D eigenvalue weighted by atomic mass is 127. The third-order valence-electron chi connectivity index (χ3n) is 2.96. The fraction of sp³-hybridized carbons (Fsp3) is 0.125. The highest BCUT2D eigenvalue weighted by Gasteiger charge is 2.08. The molecule has 0 fully saturated rings. The predicted octanol–water partition coefficient (Wildman–Crippen LogP) is 4.05. The Morgan fingerprint density at radius 1 is 1.05 bits per heavy atom. The van der Waals surface area contributed by atoms with Crippen LogP contribution in [0.1, 0.15) is 33.2 Å². The Labute approximate surface area is 131 Å². The minimum atomic E-state index is -0.177. The van der Waals surface area contributed by atoms with E-state index < -0.39 is 0 Å². The van der Waals surface area contributed by atoms with Crippen LogP contribution in [-0.2, 0) is 0 Å². The average molecular weight is 379 g/mol. The molecule has 0 saturated carbocycles. The molecule has 0 bridgehead atoms. The molecule has 0 unspecified atom stereocenters. The molecule has 4 heteroatoms. The van der Waals surface area contributed by atoms with Crippen LogP contribution in [0.4, 0.5) is 5.69 Å². The van der Waals surface area contributed by atoms with Crippen molar-refractivity contribution in [2.24, 2.45) is 0 Å². The van der Waals surface area contributed by atoms with Crippen molar-refractivity contribution in [1.82, 2.24) is 0 Å². The standard InChI is InChI=1S/C16H14INO2/c1-10-6-7-13(9-15(10)17)16(20)18-14-5-3-4-12(8-14)11(2)19/h3-9H,1-2H3,(H,18,20). The van der Waals surface area contributed by atoms with E-state index in [1.807, 2.05) is 19.1 Å². The Kier molecular flexibility index (Phi) is 4.54. The molecule has 2 aromatic rings. The number of aryl methyl sites for hydroxylation is 1. The summed E-state index contributed by atoms with van der Waals surface area (Å²) in [6.45, 7) is 3.50. The average Bonchev–Trinajstić information content (AvgIpc) is 2.42. The lowest BCUT2D eigenvalue weighted by Gasteiger charge is -2.07. The van der Waals surface area contributed by atoms with E-state index in [2.05, 4.69) is 27.9 Å². The van der Waals surface area contributed by atoms with Crippen molar-refractivity contribution in [3.63, 3.8) is 0 Å². The lowest BCUT2D eigenvalue weighted by molar-refractivity contribution is 0.101. The second-order valence-electron chi connectivity index (χ2n) is 4.56. The number of rotatable bonds is 3. The molecular weight excluding hydrogens is 365 g/mol. The first-order valence-corrected chi connectivity index (χ1v) is 7.24. The van der Waals surface area contributed by atoms with Crippen LogP contribution in [0.2, 0.25) is 0 Å². The number of ketones is 1. The van der Waals surface area contributed by atoms with Gasteiger partial charge in [-0.15, -0.1) is 0 Å². The largest absolute Gasteiger partial charge is 0.322 e. The van der Waals surface area contributed by atoms with Gasteiger partial charge in [0.25, 0.3) is 5.91 Å². The van der Waals surface area contributed by atoms with Gasteiger partial charge in [-0.05, 0) is 66.3 Å². The maximum Gasteiger partial charge on any atom is 0.255 e. The molecule has 2 aromatic carbocycles. The second kappa shape index (κ2) is 6.17. The molecule has 1 N–H and O–H groups in total. The van der Waals surface area contributed by atoms with Crippen LogP contribution in [0.5, 0.6) is 0 Å². The Hall–Kier alpha value is -1.69. The third-order valence-corrected chi connectivity index (χ3v) is 4.12. The number of benzene rings is 2. The van der Waals surface area contributed by atoms with E-state index >= 15 is 0 Å². The number of carbonyl (C=O) groups is 2. The number of halogens is 1. The molecule has 0 heterocycles. The monoisotopic (exact) mass is 379 g/mol. The number of Topliss-reactive ketones (excluding diaryl/α,β-unsaturated/α-hetero) is 1. The molecule has 0 aromatic heterocycles. The maximum absolute atomic E-state index is 12.2. The molecule has 1 amide bonds. The van der Waals surface area contributed by atoms with Crippen LogP contribution in [0.3, 0.4) is 0 Å². The summed E-state index contributed by atoms with van der Waals surface area (Å²) in [5, 5.41) is 2.81. The van der Waals surface area contributed by atoms with Gasteiger partial charge in [-0.1, -0.05) is 18.2 Å². The zero-order valence-electron chi connectivity index (χ0n) is 11.2. The number of nitrogens with one attached hydrogen (secondary N) is 1. The number of anilines is 1. The lowest BCUT2D eigenvalue weighted by Crippen LogP contribution is -2.12. The van der Waals surface area contributed by atoms with Crippen LogP contribution in [-0.4, -0.2) is 11.7 Å². The van der Waals surface area contributed by atoms with E-state index in [0.717, 1.165) is 9.13 Å². The van der Waals surface area contributed by atoms with Crippen molar-refractivity contribution >= 4 is 40.0 Å². The summed E-state index contributed by atoms with van der Waals surface area (Å²) in [5.74, 6) is -0.199. The number of carbonyl (C=O) groups excluding carboxylic acids is 2. The van der Waals surface area contributed by atoms with E-state index in [-0.39, 0.29) is 11.7 Å². The molecular formula is C16H14INO2. The number of hydrogen-bond donors (Lipinski definition) is 1. The quantitative estimate of drug-likeness (QED) is 0.646. The van der Waals surface area contributed by atoms with E-state index in [1.54, 1.807) is 30.3 Å². The van der Waals surface area contributed by atoms with E-state index in [1.165, 1.54) is 6.92 Å². The van der Waals surface area contributed by atoms with Crippen LogP contribution in [0, 0.1) is 10.5 Å².